The Morgan fingerprint density at radius 3 is 2.64 bits per heavy atom. The van der Waals surface area contributed by atoms with Crippen molar-refractivity contribution in [1.29, 1.82) is 0 Å². The molecule has 2 aromatic carbocycles. The minimum absolute atomic E-state index is 0.00660. The van der Waals surface area contributed by atoms with E-state index < -0.39 is 4.92 Å². The van der Waals surface area contributed by atoms with Gasteiger partial charge in [-0.1, -0.05) is 60.2 Å². The van der Waals surface area contributed by atoms with Crippen LogP contribution in [0.2, 0.25) is 0 Å². The number of hydrogen-bond acceptors (Lipinski definition) is 7. The monoisotopic (exact) mass is 485 g/mol. The molecule has 2 N–H and O–H groups in total. The van der Waals surface area contributed by atoms with Gasteiger partial charge in [-0.3, -0.25) is 24.6 Å². The van der Waals surface area contributed by atoms with Gasteiger partial charge in [0, 0.05) is 25.1 Å². The van der Waals surface area contributed by atoms with E-state index >= 15 is 0 Å². The van der Waals surface area contributed by atoms with Crippen molar-refractivity contribution in [3.63, 3.8) is 0 Å². The maximum atomic E-state index is 12.7. The smallest absolute Gasteiger partial charge is 0.271 e. The van der Waals surface area contributed by atoms with Crippen LogP contribution in [0.5, 0.6) is 5.75 Å². The number of anilines is 1. The fourth-order valence-corrected chi connectivity index (χ4v) is 4.50. The number of carbonyl (C=O) groups excluding carboxylic acids is 2. The number of thioether (sulfide) groups is 1. The summed E-state index contributed by atoms with van der Waals surface area (Å²) in [4.78, 5) is 37.2. The van der Waals surface area contributed by atoms with Gasteiger partial charge < -0.3 is 10.4 Å². The first-order valence-corrected chi connectivity index (χ1v) is 11.6. The number of hydrogen-bond donors (Lipinski definition) is 2. The Morgan fingerprint density at radius 2 is 1.94 bits per heavy atom. The number of nitro groups is 1. The Hall–Kier alpha value is -3.24. The Bertz CT molecular complexity index is 1120. The molecule has 1 saturated heterocycles. The van der Waals surface area contributed by atoms with Gasteiger partial charge in [0.1, 0.15) is 10.1 Å². The SMILES string of the molecule is Cc1ccc(/C=C2\SC(=S)N(CCCCCC(=O)Nc3cc([N+](=O)[O-])ccc3O)C2=O)cc1. The van der Waals surface area contributed by atoms with Crippen LogP contribution < -0.4 is 5.32 Å². The number of rotatable bonds is 9. The second-order valence-electron chi connectivity index (χ2n) is 7.56. The Labute approximate surface area is 200 Å². The lowest BCUT2D eigenvalue weighted by atomic mass is 10.1. The number of phenols is 1. The van der Waals surface area contributed by atoms with E-state index in [1.54, 1.807) is 4.90 Å². The summed E-state index contributed by atoms with van der Waals surface area (Å²) in [5.41, 5.74) is 1.88. The number of nitrogens with one attached hydrogen (secondary N) is 1. The highest BCUT2D eigenvalue weighted by Gasteiger charge is 2.31. The number of aromatic hydroxyl groups is 1. The van der Waals surface area contributed by atoms with E-state index in [0.717, 1.165) is 23.3 Å². The van der Waals surface area contributed by atoms with Crippen molar-refractivity contribution in [3.05, 3.63) is 68.6 Å². The molecule has 2 amide bonds. The number of non-ortho nitro benzene ring substituents is 1. The number of carbonyl (C=O) groups is 2. The van der Waals surface area contributed by atoms with Crippen molar-refractivity contribution < 1.29 is 19.6 Å². The predicted octanol–water partition coefficient (Wildman–Crippen LogP) is 5.01. The third-order valence-electron chi connectivity index (χ3n) is 5.00. The lowest BCUT2D eigenvalue weighted by molar-refractivity contribution is -0.384. The van der Waals surface area contributed by atoms with Crippen LogP contribution in [0.15, 0.2) is 47.4 Å². The van der Waals surface area contributed by atoms with Gasteiger partial charge in [0.15, 0.2) is 0 Å². The number of thiocarbonyl (C=S) groups is 1. The highest BCUT2D eigenvalue weighted by atomic mass is 32.2. The molecule has 0 atom stereocenters. The van der Waals surface area contributed by atoms with Gasteiger partial charge >= 0.3 is 0 Å². The van der Waals surface area contributed by atoms with Crippen molar-refractivity contribution in [2.75, 3.05) is 11.9 Å². The van der Waals surface area contributed by atoms with Crippen LogP contribution in [0.3, 0.4) is 0 Å². The zero-order valence-corrected chi connectivity index (χ0v) is 19.6. The summed E-state index contributed by atoms with van der Waals surface area (Å²) in [7, 11) is 0. The van der Waals surface area contributed by atoms with Crippen LogP contribution in [0.25, 0.3) is 6.08 Å². The van der Waals surface area contributed by atoms with Crippen LogP contribution in [0, 0.1) is 17.0 Å². The summed E-state index contributed by atoms with van der Waals surface area (Å²) < 4.78 is 0.525. The molecule has 0 spiro atoms. The molecular formula is C23H23N3O5S2. The topological polar surface area (TPSA) is 113 Å². The molecule has 0 aromatic heterocycles. The summed E-state index contributed by atoms with van der Waals surface area (Å²) in [5.74, 6) is -0.691. The normalized spacial score (nSPS) is 14.7. The predicted molar refractivity (Wildman–Crippen MR) is 133 cm³/mol. The van der Waals surface area contributed by atoms with Crippen molar-refractivity contribution in [1.82, 2.24) is 4.90 Å². The average Bonchev–Trinajstić information content (AvgIpc) is 3.03. The summed E-state index contributed by atoms with van der Waals surface area (Å²) in [6.45, 7) is 2.48. The zero-order chi connectivity index (χ0) is 24.0. The Kier molecular flexibility index (Phi) is 8.18. The molecule has 0 bridgehead atoms. The molecule has 0 radical (unpaired) electrons. The molecule has 0 saturated carbocycles. The summed E-state index contributed by atoms with van der Waals surface area (Å²) in [5, 5.41) is 23.1. The quantitative estimate of drug-likeness (QED) is 0.128. The standard InChI is InChI=1S/C23H23N3O5S2/c1-15-6-8-16(9-7-15)13-20-22(29)25(23(32)33-20)12-4-2-3-5-21(28)24-18-14-17(26(30)31)10-11-19(18)27/h6-11,13-14,27H,2-5,12H2,1H3,(H,24,28)/b20-13-. The van der Waals surface area contributed by atoms with E-state index in [1.165, 1.54) is 17.8 Å². The van der Waals surface area contributed by atoms with E-state index in [0.29, 0.717) is 35.0 Å². The third-order valence-corrected chi connectivity index (χ3v) is 6.38. The zero-order valence-electron chi connectivity index (χ0n) is 17.9. The lowest BCUT2D eigenvalue weighted by Gasteiger charge is -2.14. The molecule has 8 nitrogen and oxygen atoms in total. The molecule has 172 valence electrons. The number of nitro benzene ring substituents is 1. The van der Waals surface area contributed by atoms with Crippen LogP contribution in [-0.4, -0.2) is 37.6 Å². The number of aryl methyl sites for hydroxylation is 1. The number of nitrogens with zero attached hydrogens (tertiary/aromatic N) is 2. The number of unbranched alkanes of at least 4 members (excludes halogenated alkanes) is 2. The van der Waals surface area contributed by atoms with E-state index in [1.807, 2.05) is 37.3 Å². The first kappa shape index (κ1) is 24.4. The summed E-state index contributed by atoms with van der Waals surface area (Å²) in [6.07, 6.45) is 3.97. The summed E-state index contributed by atoms with van der Waals surface area (Å²) >= 11 is 6.64. The number of phenolic OH excluding ortho intramolecular Hbond substituents is 1. The van der Waals surface area contributed by atoms with Crippen molar-refractivity contribution in [2.24, 2.45) is 0 Å². The van der Waals surface area contributed by atoms with Gasteiger partial charge in [0.2, 0.25) is 5.91 Å². The van der Waals surface area contributed by atoms with Gasteiger partial charge in [-0.25, -0.2) is 0 Å². The van der Waals surface area contributed by atoms with E-state index in [9.17, 15) is 24.8 Å². The molecule has 1 aliphatic rings. The first-order valence-electron chi connectivity index (χ1n) is 10.3. The van der Waals surface area contributed by atoms with Crippen LogP contribution in [0.1, 0.15) is 36.8 Å². The summed E-state index contributed by atoms with van der Waals surface area (Å²) in [6, 6.07) is 11.3. The maximum Gasteiger partial charge on any atom is 0.271 e. The molecule has 0 aliphatic carbocycles. The molecule has 2 aromatic rings. The number of benzene rings is 2. The minimum atomic E-state index is -0.598. The Balaban J connectivity index is 1.43. The van der Waals surface area contributed by atoms with E-state index in [-0.39, 0.29) is 35.4 Å². The first-order chi connectivity index (χ1) is 15.7. The van der Waals surface area contributed by atoms with E-state index in [2.05, 4.69) is 5.32 Å². The van der Waals surface area contributed by atoms with Gasteiger partial charge in [-0.15, -0.1) is 0 Å². The molecule has 1 fully saturated rings. The minimum Gasteiger partial charge on any atom is -0.506 e. The molecule has 1 heterocycles. The van der Waals surface area contributed by atoms with Gasteiger partial charge in [0.05, 0.1) is 15.5 Å². The molecular weight excluding hydrogens is 462 g/mol. The van der Waals surface area contributed by atoms with Crippen LogP contribution in [0.4, 0.5) is 11.4 Å². The van der Waals surface area contributed by atoms with Crippen molar-refractivity contribution in [2.45, 2.75) is 32.6 Å². The largest absolute Gasteiger partial charge is 0.506 e. The van der Waals surface area contributed by atoms with Crippen LogP contribution in [-0.2, 0) is 9.59 Å². The average molecular weight is 486 g/mol. The Morgan fingerprint density at radius 1 is 1.21 bits per heavy atom. The molecule has 0 unspecified atom stereocenters. The lowest BCUT2D eigenvalue weighted by Crippen LogP contribution is -2.29. The molecule has 3 rings (SSSR count). The fourth-order valence-electron chi connectivity index (χ4n) is 3.19. The second kappa shape index (κ2) is 11.1. The van der Waals surface area contributed by atoms with Crippen LogP contribution >= 0.6 is 24.0 Å². The highest BCUT2D eigenvalue weighted by molar-refractivity contribution is 8.26. The maximum absolute atomic E-state index is 12.7. The van der Waals surface area contributed by atoms with Gasteiger partial charge in [-0.2, -0.15) is 0 Å². The van der Waals surface area contributed by atoms with Crippen molar-refractivity contribution in [3.8, 4) is 5.75 Å². The molecule has 1 aliphatic heterocycles. The third kappa shape index (κ3) is 6.62. The molecule has 33 heavy (non-hydrogen) atoms. The van der Waals surface area contributed by atoms with Gasteiger partial charge in [0.25, 0.3) is 11.6 Å². The number of amides is 2. The van der Waals surface area contributed by atoms with Gasteiger partial charge in [-0.05, 0) is 37.5 Å². The fraction of sp³-hybridized carbons (Fsp3) is 0.261. The van der Waals surface area contributed by atoms with Crippen molar-refractivity contribution >= 4 is 57.6 Å². The highest BCUT2D eigenvalue weighted by Crippen LogP contribution is 2.33. The second-order valence-corrected chi connectivity index (χ2v) is 9.24. The molecule has 10 heteroatoms. The van der Waals surface area contributed by atoms with E-state index in [4.69, 9.17) is 12.2 Å².